The highest BCUT2D eigenvalue weighted by Gasteiger charge is 2.22. The van der Waals surface area contributed by atoms with Gasteiger partial charge in [-0.1, -0.05) is 12.1 Å². The molecule has 1 aliphatic heterocycles. The lowest BCUT2D eigenvalue weighted by atomic mass is 10.1. The van der Waals surface area contributed by atoms with E-state index in [1.54, 1.807) is 12.0 Å². The van der Waals surface area contributed by atoms with Gasteiger partial charge in [0, 0.05) is 26.6 Å². The van der Waals surface area contributed by atoms with Crippen LogP contribution in [-0.2, 0) is 20.7 Å². The van der Waals surface area contributed by atoms with Crippen molar-refractivity contribution in [2.75, 3.05) is 33.4 Å². The molecule has 6 nitrogen and oxygen atoms in total. The molecular weight excluding hydrogens is 308 g/mol. The minimum atomic E-state index is -0.147. The van der Waals surface area contributed by atoms with Crippen LogP contribution in [0.15, 0.2) is 24.3 Å². The van der Waals surface area contributed by atoms with Crippen LogP contribution in [0.2, 0.25) is 0 Å². The summed E-state index contributed by atoms with van der Waals surface area (Å²) in [6, 6.07) is 7.76. The van der Waals surface area contributed by atoms with Crippen LogP contribution >= 0.6 is 0 Å². The van der Waals surface area contributed by atoms with Crippen LogP contribution in [-0.4, -0.2) is 56.2 Å². The lowest BCUT2D eigenvalue weighted by Crippen LogP contribution is -2.43. The Morgan fingerprint density at radius 3 is 2.92 bits per heavy atom. The van der Waals surface area contributed by atoms with Gasteiger partial charge in [-0.3, -0.25) is 9.59 Å². The van der Waals surface area contributed by atoms with Crippen molar-refractivity contribution in [1.29, 1.82) is 0 Å². The highest BCUT2D eigenvalue weighted by molar-refractivity contribution is 5.83. The van der Waals surface area contributed by atoms with Crippen molar-refractivity contribution in [1.82, 2.24) is 10.2 Å². The number of benzene rings is 1. The minimum absolute atomic E-state index is 0.0542. The Morgan fingerprint density at radius 2 is 2.25 bits per heavy atom. The lowest BCUT2D eigenvalue weighted by Gasteiger charge is -2.23. The van der Waals surface area contributed by atoms with Crippen molar-refractivity contribution in [3.05, 3.63) is 29.8 Å². The van der Waals surface area contributed by atoms with Gasteiger partial charge in [0.1, 0.15) is 5.75 Å². The summed E-state index contributed by atoms with van der Waals surface area (Å²) in [4.78, 5) is 25.3. The van der Waals surface area contributed by atoms with E-state index in [1.165, 1.54) is 6.92 Å². The standard InChI is InChI=1S/C18H26N2O4/c1-14(21)20(12-17-7-4-10-24-17)13-18(22)19-9-8-15-5-3-6-16(11-15)23-2/h3,5-6,11,17H,4,7-10,12-13H2,1-2H3,(H,19,22). The molecule has 1 aromatic rings. The average molecular weight is 334 g/mol. The summed E-state index contributed by atoms with van der Waals surface area (Å²) in [6.45, 7) is 3.31. The summed E-state index contributed by atoms with van der Waals surface area (Å²) in [6.07, 6.45) is 2.73. The third kappa shape index (κ3) is 5.85. The van der Waals surface area contributed by atoms with Gasteiger partial charge in [0.2, 0.25) is 11.8 Å². The highest BCUT2D eigenvalue weighted by Crippen LogP contribution is 2.14. The molecule has 1 aliphatic rings. The number of carbonyl (C=O) groups excluding carboxylic acids is 2. The van der Waals surface area contributed by atoms with E-state index >= 15 is 0 Å². The van der Waals surface area contributed by atoms with E-state index in [-0.39, 0.29) is 24.5 Å². The van der Waals surface area contributed by atoms with E-state index in [1.807, 2.05) is 24.3 Å². The number of rotatable bonds is 8. The first kappa shape index (κ1) is 18.3. The molecule has 0 aromatic heterocycles. The quantitative estimate of drug-likeness (QED) is 0.780. The minimum Gasteiger partial charge on any atom is -0.497 e. The molecule has 1 atom stereocenters. The number of hydrogen-bond donors (Lipinski definition) is 1. The maximum Gasteiger partial charge on any atom is 0.239 e. The van der Waals surface area contributed by atoms with Crippen molar-refractivity contribution in [2.45, 2.75) is 32.3 Å². The van der Waals surface area contributed by atoms with Gasteiger partial charge in [-0.05, 0) is 37.0 Å². The van der Waals surface area contributed by atoms with Gasteiger partial charge >= 0.3 is 0 Å². The van der Waals surface area contributed by atoms with E-state index < -0.39 is 0 Å². The third-order valence-electron chi connectivity index (χ3n) is 4.10. The molecule has 0 saturated carbocycles. The van der Waals surface area contributed by atoms with Gasteiger partial charge in [-0.2, -0.15) is 0 Å². The van der Waals surface area contributed by atoms with Gasteiger partial charge in [0.15, 0.2) is 0 Å². The number of methoxy groups -OCH3 is 1. The van der Waals surface area contributed by atoms with Gasteiger partial charge in [-0.25, -0.2) is 0 Å². The molecule has 1 heterocycles. The molecule has 1 saturated heterocycles. The molecule has 0 radical (unpaired) electrons. The van der Waals surface area contributed by atoms with Crippen molar-refractivity contribution < 1.29 is 19.1 Å². The molecular formula is C18H26N2O4. The molecule has 1 unspecified atom stereocenters. The Bertz CT molecular complexity index is 556. The first-order valence-electron chi connectivity index (χ1n) is 8.35. The second kappa shape index (κ2) is 9.27. The van der Waals surface area contributed by atoms with Gasteiger partial charge in [0.25, 0.3) is 0 Å². The Hall–Kier alpha value is -2.08. The zero-order valence-corrected chi connectivity index (χ0v) is 14.4. The Balaban J connectivity index is 1.74. The maximum absolute atomic E-state index is 12.1. The first-order chi connectivity index (χ1) is 11.6. The van der Waals surface area contributed by atoms with Crippen LogP contribution in [0.25, 0.3) is 0 Å². The van der Waals surface area contributed by atoms with E-state index in [9.17, 15) is 9.59 Å². The number of nitrogens with one attached hydrogen (secondary N) is 1. The van der Waals surface area contributed by atoms with Crippen molar-refractivity contribution in [2.24, 2.45) is 0 Å². The van der Waals surface area contributed by atoms with E-state index in [0.717, 1.165) is 37.2 Å². The number of nitrogens with zero attached hydrogens (tertiary/aromatic N) is 1. The molecule has 0 spiro atoms. The largest absolute Gasteiger partial charge is 0.497 e. The van der Waals surface area contributed by atoms with Gasteiger partial charge in [0.05, 0.1) is 19.8 Å². The van der Waals surface area contributed by atoms with Crippen LogP contribution in [0.1, 0.15) is 25.3 Å². The second-order valence-electron chi connectivity index (χ2n) is 5.99. The fourth-order valence-corrected chi connectivity index (χ4v) is 2.74. The highest BCUT2D eigenvalue weighted by atomic mass is 16.5. The average Bonchev–Trinajstić information content (AvgIpc) is 3.07. The maximum atomic E-state index is 12.1. The summed E-state index contributed by atoms with van der Waals surface area (Å²) >= 11 is 0. The van der Waals surface area contributed by atoms with Crippen molar-refractivity contribution in [3.63, 3.8) is 0 Å². The second-order valence-corrected chi connectivity index (χ2v) is 5.99. The molecule has 24 heavy (non-hydrogen) atoms. The monoisotopic (exact) mass is 334 g/mol. The summed E-state index contributed by atoms with van der Waals surface area (Å²) in [5, 5.41) is 2.86. The smallest absolute Gasteiger partial charge is 0.239 e. The third-order valence-corrected chi connectivity index (χ3v) is 4.10. The van der Waals surface area contributed by atoms with Crippen molar-refractivity contribution >= 4 is 11.8 Å². The Kier molecular flexibility index (Phi) is 7.06. The molecule has 0 bridgehead atoms. The van der Waals surface area contributed by atoms with Crippen LogP contribution in [0.4, 0.5) is 0 Å². The Morgan fingerprint density at radius 1 is 1.42 bits per heavy atom. The predicted octanol–water partition coefficient (Wildman–Crippen LogP) is 1.38. The fraction of sp³-hybridized carbons (Fsp3) is 0.556. The predicted molar refractivity (Wildman–Crippen MR) is 90.9 cm³/mol. The Labute approximate surface area is 143 Å². The molecule has 2 rings (SSSR count). The molecule has 2 amide bonds. The number of amides is 2. The zero-order valence-electron chi connectivity index (χ0n) is 14.4. The van der Waals surface area contributed by atoms with Crippen LogP contribution in [0, 0.1) is 0 Å². The van der Waals surface area contributed by atoms with Gasteiger partial charge in [-0.15, -0.1) is 0 Å². The van der Waals surface area contributed by atoms with Crippen LogP contribution < -0.4 is 10.1 Å². The molecule has 1 fully saturated rings. The zero-order chi connectivity index (χ0) is 17.4. The van der Waals surface area contributed by atoms with E-state index in [2.05, 4.69) is 5.32 Å². The summed E-state index contributed by atoms with van der Waals surface area (Å²) in [7, 11) is 1.63. The van der Waals surface area contributed by atoms with E-state index in [4.69, 9.17) is 9.47 Å². The van der Waals surface area contributed by atoms with Crippen LogP contribution in [0.5, 0.6) is 5.75 Å². The van der Waals surface area contributed by atoms with Crippen molar-refractivity contribution in [3.8, 4) is 5.75 Å². The van der Waals surface area contributed by atoms with Gasteiger partial charge < -0.3 is 19.7 Å². The summed E-state index contributed by atoms with van der Waals surface area (Å²) in [5.41, 5.74) is 1.09. The first-order valence-corrected chi connectivity index (χ1v) is 8.35. The molecule has 0 aliphatic carbocycles. The normalized spacial score (nSPS) is 16.7. The SMILES string of the molecule is COc1cccc(CCNC(=O)CN(CC2CCCO2)C(C)=O)c1. The van der Waals surface area contributed by atoms with E-state index in [0.29, 0.717) is 13.1 Å². The number of hydrogen-bond acceptors (Lipinski definition) is 4. The van der Waals surface area contributed by atoms with Crippen LogP contribution in [0.3, 0.4) is 0 Å². The fourth-order valence-electron chi connectivity index (χ4n) is 2.74. The molecule has 132 valence electrons. The topological polar surface area (TPSA) is 67.9 Å². The number of ether oxygens (including phenoxy) is 2. The molecule has 6 heteroatoms. The number of carbonyl (C=O) groups is 2. The summed E-state index contributed by atoms with van der Waals surface area (Å²) in [5.74, 6) is 0.553. The summed E-state index contributed by atoms with van der Waals surface area (Å²) < 4.78 is 10.7. The molecule has 1 aromatic carbocycles. The lowest BCUT2D eigenvalue weighted by molar-refractivity contribution is -0.135. The molecule has 1 N–H and O–H groups in total.